The van der Waals surface area contributed by atoms with Gasteiger partial charge in [0, 0.05) is 16.2 Å². The number of aromatic amines is 2. The molecule has 0 spiro atoms. The van der Waals surface area contributed by atoms with Gasteiger partial charge in [0.2, 0.25) is 11.8 Å². The molecule has 0 aliphatic heterocycles. The minimum atomic E-state index is -1.53. The van der Waals surface area contributed by atoms with Crippen LogP contribution >= 0.6 is 23.2 Å². The molecule has 0 bridgehead atoms. The number of aromatic hydroxyl groups is 2. The third-order valence-electron chi connectivity index (χ3n) is 5.97. The minimum absolute atomic E-state index is 0.0571. The Morgan fingerprint density at radius 3 is 1.49 bits per heavy atom. The summed E-state index contributed by atoms with van der Waals surface area (Å²) >= 11 is 11.9. The van der Waals surface area contributed by atoms with Crippen molar-refractivity contribution >= 4 is 23.2 Å². The van der Waals surface area contributed by atoms with Crippen LogP contribution < -0.4 is 22.5 Å². The summed E-state index contributed by atoms with van der Waals surface area (Å²) in [6, 6.07) is 16.2. The molecule has 196 valence electrons. The van der Waals surface area contributed by atoms with E-state index in [0.717, 1.165) is 9.13 Å². The molecule has 0 atom stereocenters. The van der Waals surface area contributed by atoms with E-state index < -0.39 is 51.3 Å². The maximum absolute atomic E-state index is 13.2. The summed E-state index contributed by atoms with van der Waals surface area (Å²) in [6.07, 6.45) is 1.38. The third-order valence-corrected chi connectivity index (χ3v) is 6.48. The van der Waals surface area contributed by atoms with Gasteiger partial charge in [0.25, 0.3) is 11.1 Å². The van der Waals surface area contributed by atoms with Crippen molar-refractivity contribution in [2.24, 2.45) is 0 Å². The summed E-state index contributed by atoms with van der Waals surface area (Å²) in [4.78, 5) is 60.5. The standard InChI is InChI=1S/C26H17Cl2N5O6/c27-13-4-8-15(9-5-13)32-23(36)19(21(34)30-25(32)38)18(17-3-1-2-12-29-17)20-22(35)31-26(39)33(24(20)37)16-10-6-14(28)7-11-16/h1-12,18,36-37H,(H,30,34,38)(H,31,35,39). The Balaban J connectivity index is 1.87. The molecule has 3 heterocycles. The molecule has 13 heteroatoms. The van der Waals surface area contributed by atoms with Crippen molar-refractivity contribution in [3.05, 3.63) is 141 Å². The van der Waals surface area contributed by atoms with Crippen LogP contribution in [-0.2, 0) is 0 Å². The van der Waals surface area contributed by atoms with Crippen LogP contribution in [0.4, 0.5) is 0 Å². The predicted molar refractivity (Wildman–Crippen MR) is 144 cm³/mol. The molecule has 5 rings (SSSR count). The highest BCUT2D eigenvalue weighted by Gasteiger charge is 2.33. The molecule has 0 radical (unpaired) electrons. The highest BCUT2D eigenvalue weighted by atomic mass is 35.5. The molecule has 4 N–H and O–H groups in total. The van der Waals surface area contributed by atoms with Gasteiger partial charge in [-0.05, 0) is 60.7 Å². The maximum atomic E-state index is 13.2. The number of aromatic nitrogens is 5. The Morgan fingerprint density at radius 2 is 1.10 bits per heavy atom. The quantitative estimate of drug-likeness (QED) is 0.254. The van der Waals surface area contributed by atoms with Gasteiger partial charge in [0.05, 0.1) is 34.1 Å². The number of H-pyrrole nitrogens is 2. The van der Waals surface area contributed by atoms with Crippen LogP contribution in [0.15, 0.2) is 92.1 Å². The molecule has 39 heavy (non-hydrogen) atoms. The van der Waals surface area contributed by atoms with Crippen molar-refractivity contribution in [2.75, 3.05) is 0 Å². The molecular weight excluding hydrogens is 549 g/mol. The van der Waals surface area contributed by atoms with Crippen LogP contribution in [-0.4, -0.2) is 34.3 Å². The van der Waals surface area contributed by atoms with E-state index in [9.17, 15) is 29.4 Å². The first-order chi connectivity index (χ1) is 18.7. The summed E-state index contributed by atoms with van der Waals surface area (Å²) < 4.78 is 1.62. The first-order valence-electron chi connectivity index (χ1n) is 11.3. The van der Waals surface area contributed by atoms with Gasteiger partial charge in [-0.3, -0.25) is 24.5 Å². The van der Waals surface area contributed by atoms with E-state index >= 15 is 0 Å². The number of pyridine rings is 1. The Bertz CT molecular complexity index is 1810. The fourth-order valence-corrected chi connectivity index (χ4v) is 4.50. The van der Waals surface area contributed by atoms with Crippen LogP contribution in [0, 0.1) is 0 Å². The number of halogens is 2. The van der Waals surface area contributed by atoms with E-state index in [1.807, 2.05) is 0 Å². The van der Waals surface area contributed by atoms with E-state index in [-0.39, 0.29) is 17.1 Å². The number of rotatable bonds is 5. The second kappa shape index (κ2) is 10.1. The monoisotopic (exact) mass is 565 g/mol. The number of hydrogen-bond donors (Lipinski definition) is 4. The predicted octanol–water partition coefficient (Wildman–Crippen LogP) is 2.66. The highest BCUT2D eigenvalue weighted by molar-refractivity contribution is 6.30. The molecular formula is C26H17Cl2N5O6. The molecule has 11 nitrogen and oxygen atoms in total. The lowest BCUT2D eigenvalue weighted by molar-refractivity contribution is 0.411. The molecule has 5 aromatic rings. The summed E-state index contributed by atoms with van der Waals surface area (Å²) in [5.74, 6) is -3.16. The Hall–Kier alpha value is -4.87. The van der Waals surface area contributed by atoms with Crippen LogP contribution in [0.5, 0.6) is 11.8 Å². The van der Waals surface area contributed by atoms with Crippen molar-refractivity contribution < 1.29 is 10.2 Å². The largest absolute Gasteiger partial charge is 0.494 e. The topological polar surface area (TPSA) is 163 Å². The molecule has 0 unspecified atom stereocenters. The molecule has 0 saturated carbocycles. The van der Waals surface area contributed by atoms with Gasteiger partial charge in [-0.15, -0.1) is 0 Å². The summed E-state index contributed by atoms with van der Waals surface area (Å²) in [6.45, 7) is 0. The molecule has 0 amide bonds. The molecule has 0 aliphatic carbocycles. The Labute approximate surface area is 227 Å². The van der Waals surface area contributed by atoms with Crippen molar-refractivity contribution in [2.45, 2.75) is 5.92 Å². The zero-order chi connectivity index (χ0) is 27.8. The van der Waals surface area contributed by atoms with E-state index in [4.69, 9.17) is 23.2 Å². The van der Waals surface area contributed by atoms with Crippen molar-refractivity contribution in [3.63, 3.8) is 0 Å². The van der Waals surface area contributed by atoms with E-state index in [1.54, 1.807) is 12.1 Å². The average Bonchev–Trinajstić information content (AvgIpc) is 2.90. The van der Waals surface area contributed by atoms with Gasteiger partial charge in [-0.2, -0.15) is 0 Å². The van der Waals surface area contributed by atoms with Gasteiger partial charge in [-0.1, -0.05) is 29.3 Å². The molecule has 0 saturated heterocycles. The van der Waals surface area contributed by atoms with Gasteiger partial charge < -0.3 is 10.2 Å². The number of nitrogens with zero attached hydrogens (tertiary/aromatic N) is 3. The van der Waals surface area contributed by atoms with Crippen LogP contribution in [0.3, 0.4) is 0 Å². The van der Waals surface area contributed by atoms with Crippen molar-refractivity contribution in [3.8, 4) is 23.1 Å². The zero-order valence-electron chi connectivity index (χ0n) is 19.6. The number of benzene rings is 2. The normalized spacial score (nSPS) is 11.2. The van der Waals surface area contributed by atoms with Gasteiger partial charge in [0.15, 0.2) is 0 Å². The van der Waals surface area contributed by atoms with Crippen molar-refractivity contribution in [1.82, 2.24) is 24.1 Å². The van der Waals surface area contributed by atoms with Crippen LogP contribution in [0.25, 0.3) is 11.4 Å². The molecule has 0 aliphatic rings. The van der Waals surface area contributed by atoms with Gasteiger partial charge in [-0.25, -0.2) is 18.7 Å². The molecule has 3 aromatic heterocycles. The van der Waals surface area contributed by atoms with E-state index in [1.165, 1.54) is 60.8 Å². The smallest absolute Gasteiger partial charge is 0.335 e. The summed E-state index contributed by atoms with van der Waals surface area (Å²) in [5.41, 5.74) is -4.60. The van der Waals surface area contributed by atoms with Gasteiger partial charge in [0.1, 0.15) is 0 Å². The highest BCUT2D eigenvalue weighted by Crippen LogP contribution is 2.36. The fraction of sp³-hybridized carbons (Fsp3) is 0.0385. The number of nitrogens with one attached hydrogen (secondary N) is 2. The minimum Gasteiger partial charge on any atom is -0.494 e. The van der Waals surface area contributed by atoms with Crippen molar-refractivity contribution in [1.29, 1.82) is 0 Å². The lowest BCUT2D eigenvalue weighted by atomic mass is 9.90. The molecule has 2 aromatic carbocycles. The summed E-state index contributed by atoms with van der Waals surface area (Å²) in [5, 5.41) is 23.4. The number of hydrogen-bond acceptors (Lipinski definition) is 7. The lowest BCUT2D eigenvalue weighted by Crippen LogP contribution is -2.36. The van der Waals surface area contributed by atoms with E-state index in [2.05, 4.69) is 15.0 Å². The first kappa shape index (κ1) is 25.8. The third kappa shape index (κ3) is 4.65. The maximum Gasteiger partial charge on any atom is 0.335 e. The first-order valence-corrected chi connectivity index (χ1v) is 12.0. The summed E-state index contributed by atoms with van der Waals surface area (Å²) in [7, 11) is 0. The lowest BCUT2D eigenvalue weighted by Gasteiger charge is -2.21. The zero-order valence-corrected chi connectivity index (χ0v) is 21.1. The van der Waals surface area contributed by atoms with Gasteiger partial charge >= 0.3 is 11.4 Å². The fourth-order valence-electron chi connectivity index (χ4n) is 4.24. The second-order valence-corrected chi connectivity index (χ2v) is 9.18. The Morgan fingerprint density at radius 1 is 0.667 bits per heavy atom. The Kier molecular flexibility index (Phi) is 6.69. The SMILES string of the molecule is O=c1[nH]c(=O)n(-c2ccc(Cl)cc2)c(O)c1C(c1ccccn1)c1c(O)n(-c2ccc(Cl)cc2)c(=O)[nH]c1=O. The van der Waals surface area contributed by atoms with Crippen LogP contribution in [0.2, 0.25) is 10.0 Å². The average molecular weight is 566 g/mol. The second-order valence-electron chi connectivity index (χ2n) is 8.30. The van der Waals surface area contributed by atoms with E-state index in [0.29, 0.717) is 10.0 Å². The molecule has 0 fully saturated rings. The van der Waals surface area contributed by atoms with Crippen LogP contribution in [0.1, 0.15) is 22.7 Å².